The zero-order chi connectivity index (χ0) is 20.4. The Morgan fingerprint density at radius 1 is 1.25 bits per heavy atom. The second-order valence-corrected chi connectivity index (χ2v) is 6.76. The first-order valence-electron chi connectivity index (χ1n) is 8.87. The third kappa shape index (κ3) is 3.45. The number of nitro groups is 1. The normalized spacial score (nSPS) is 18.2. The van der Waals surface area contributed by atoms with E-state index in [-0.39, 0.29) is 11.8 Å². The maximum atomic E-state index is 12.7. The van der Waals surface area contributed by atoms with Crippen LogP contribution in [0.15, 0.2) is 41.5 Å². The van der Waals surface area contributed by atoms with Gasteiger partial charge >= 0.3 is 5.97 Å². The predicted octanol–water partition coefficient (Wildman–Crippen LogP) is 3.80. The maximum absolute atomic E-state index is 12.7. The van der Waals surface area contributed by atoms with Crippen molar-refractivity contribution in [2.24, 2.45) is 10.9 Å². The summed E-state index contributed by atoms with van der Waals surface area (Å²) in [5.41, 5.74) is 1.95. The van der Waals surface area contributed by atoms with Crippen LogP contribution in [0.5, 0.6) is 5.88 Å². The molecule has 0 radical (unpaired) electrons. The molecule has 0 spiro atoms. The summed E-state index contributed by atoms with van der Waals surface area (Å²) in [6.45, 7) is 5.43. The Morgan fingerprint density at radius 2 is 1.96 bits per heavy atom. The molecule has 2 atom stereocenters. The Labute approximate surface area is 162 Å². The molecule has 0 amide bonds. The number of nitro benzene ring substituents is 1. The van der Waals surface area contributed by atoms with E-state index < -0.39 is 22.7 Å². The van der Waals surface area contributed by atoms with E-state index in [9.17, 15) is 14.9 Å². The van der Waals surface area contributed by atoms with E-state index in [1.165, 1.54) is 13.2 Å². The molecule has 0 saturated carbocycles. The van der Waals surface area contributed by atoms with Crippen LogP contribution in [-0.2, 0) is 9.53 Å². The van der Waals surface area contributed by atoms with Crippen molar-refractivity contribution in [3.05, 3.63) is 57.8 Å². The van der Waals surface area contributed by atoms with E-state index in [1.807, 2.05) is 13.8 Å². The van der Waals surface area contributed by atoms with Crippen LogP contribution in [0.25, 0.3) is 0 Å². The minimum absolute atomic E-state index is 0.0820. The van der Waals surface area contributed by atoms with Gasteiger partial charge in [-0.15, -0.1) is 0 Å². The number of esters is 1. The lowest BCUT2D eigenvalue weighted by Crippen LogP contribution is -2.33. The van der Waals surface area contributed by atoms with Crippen LogP contribution in [0.2, 0.25) is 0 Å². The predicted molar refractivity (Wildman–Crippen MR) is 103 cm³/mol. The fourth-order valence-electron chi connectivity index (χ4n) is 3.50. The van der Waals surface area contributed by atoms with E-state index in [0.717, 1.165) is 0 Å². The van der Waals surface area contributed by atoms with Gasteiger partial charge in [0.15, 0.2) is 0 Å². The number of pyridine rings is 1. The van der Waals surface area contributed by atoms with Crippen LogP contribution in [0.1, 0.15) is 37.8 Å². The summed E-state index contributed by atoms with van der Waals surface area (Å²) >= 11 is 0. The summed E-state index contributed by atoms with van der Waals surface area (Å²) in [6.07, 6.45) is 1.40. The number of carbonyl (C=O) groups is 1. The van der Waals surface area contributed by atoms with Gasteiger partial charge in [0.1, 0.15) is 5.92 Å². The molecule has 0 fully saturated rings. The first kappa shape index (κ1) is 19.5. The first-order valence-corrected chi connectivity index (χ1v) is 8.87. The topological polar surface area (TPSA) is 104 Å². The minimum Gasteiger partial charge on any atom is -0.475 e. The maximum Gasteiger partial charge on any atom is 0.315 e. The molecule has 3 rings (SSSR count). The number of nitrogens with zero attached hydrogens (tertiary/aromatic N) is 3. The number of hydrogen-bond acceptors (Lipinski definition) is 7. The van der Waals surface area contributed by atoms with Crippen LogP contribution in [-0.4, -0.2) is 34.8 Å². The quantitative estimate of drug-likeness (QED) is 0.442. The molecule has 2 unspecified atom stereocenters. The number of para-hydroxylation sites is 1. The van der Waals surface area contributed by atoms with Crippen molar-refractivity contribution < 1.29 is 19.2 Å². The Morgan fingerprint density at radius 3 is 2.61 bits per heavy atom. The van der Waals surface area contributed by atoms with Gasteiger partial charge in [-0.25, -0.2) is 4.98 Å². The van der Waals surface area contributed by atoms with Gasteiger partial charge in [-0.1, -0.05) is 18.2 Å². The van der Waals surface area contributed by atoms with E-state index in [2.05, 4.69) is 9.98 Å². The Kier molecular flexibility index (Phi) is 5.39. The molecular weight excluding hydrogens is 362 g/mol. The van der Waals surface area contributed by atoms with Crippen LogP contribution in [0.3, 0.4) is 0 Å². The van der Waals surface area contributed by atoms with Gasteiger partial charge in [0.25, 0.3) is 5.69 Å². The molecule has 28 heavy (non-hydrogen) atoms. The molecule has 0 saturated heterocycles. The molecule has 1 aromatic carbocycles. The highest BCUT2D eigenvalue weighted by Gasteiger charge is 2.43. The number of methoxy groups -OCH3 is 1. The summed E-state index contributed by atoms with van der Waals surface area (Å²) in [6, 6.07) is 8.07. The lowest BCUT2D eigenvalue weighted by Gasteiger charge is -2.31. The number of carbonyl (C=O) groups excluding carboxylic acids is 1. The van der Waals surface area contributed by atoms with Crippen LogP contribution >= 0.6 is 0 Å². The second kappa shape index (κ2) is 7.75. The number of aliphatic imine (C=N–C) groups is 1. The van der Waals surface area contributed by atoms with E-state index >= 15 is 0 Å². The van der Waals surface area contributed by atoms with Gasteiger partial charge < -0.3 is 9.47 Å². The molecule has 0 aliphatic carbocycles. The number of rotatable bonds is 5. The number of aromatic nitrogens is 1. The van der Waals surface area contributed by atoms with E-state index in [4.69, 9.17) is 9.47 Å². The molecule has 146 valence electrons. The van der Waals surface area contributed by atoms with Crippen molar-refractivity contribution >= 4 is 23.1 Å². The Balaban J connectivity index is 2.33. The summed E-state index contributed by atoms with van der Waals surface area (Å²) < 4.78 is 10.9. The number of fused-ring (bicyclic) bond motifs is 1. The molecule has 1 aromatic heterocycles. The van der Waals surface area contributed by atoms with Crippen LogP contribution < -0.4 is 4.74 Å². The number of ether oxygens (including phenoxy) is 2. The van der Waals surface area contributed by atoms with Crippen molar-refractivity contribution in [2.75, 3.05) is 7.11 Å². The molecule has 0 N–H and O–H groups in total. The minimum atomic E-state index is -0.822. The fraction of sp³-hybridized carbons (Fsp3) is 0.350. The zero-order valence-electron chi connectivity index (χ0n) is 16.1. The van der Waals surface area contributed by atoms with Gasteiger partial charge in [-0.3, -0.25) is 19.9 Å². The van der Waals surface area contributed by atoms with Crippen molar-refractivity contribution in [3.63, 3.8) is 0 Å². The number of hydrogen-bond donors (Lipinski definition) is 0. The van der Waals surface area contributed by atoms with Crippen LogP contribution in [0.4, 0.5) is 11.4 Å². The summed E-state index contributed by atoms with van der Waals surface area (Å²) in [7, 11) is 1.29. The Hall–Kier alpha value is -3.29. The molecule has 8 heteroatoms. The van der Waals surface area contributed by atoms with Crippen molar-refractivity contribution in [1.29, 1.82) is 0 Å². The molecule has 1 aliphatic rings. The largest absolute Gasteiger partial charge is 0.475 e. The van der Waals surface area contributed by atoms with Gasteiger partial charge in [0, 0.05) is 35.0 Å². The third-order valence-corrected chi connectivity index (χ3v) is 4.59. The highest BCUT2D eigenvalue weighted by Crippen LogP contribution is 2.48. The summed E-state index contributed by atoms with van der Waals surface area (Å²) in [4.78, 5) is 32.7. The Bertz CT molecular complexity index is 955. The van der Waals surface area contributed by atoms with Crippen molar-refractivity contribution in [1.82, 2.24) is 4.98 Å². The molecular formula is C20H21N3O5. The van der Waals surface area contributed by atoms with Crippen molar-refractivity contribution in [2.45, 2.75) is 32.8 Å². The zero-order valence-corrected chi connectivity index (χ0v) is 16.1. The van der Waals surface area contributed by atoms with Gasteiger partial charge in [0.05, 0.1) is 23.8 Å². The molecule has 8 nitrogen and oxygen atoms in total. The standard InChI is InChI=1S/C20H21N3O5/c1-11(2)28-19-18-14(9-10-21-19)22-12(3)16(20(24)27-4)17(18)13-7-5-6-8-15(13)23(25)26/h5-11,16-17H,1-4H3. The first-order chi connectivity index (χ1) is 13.3. The van der Waals surface area contributed by atoms with E-state index in [0.29, 0.717) is 28.4 Å². The number of benzene rings is 1. The highest BCUT2D eigenvalue weighted by molar-refractivity contribution is 6.05. The summed E-state index contributed by atoms with van der Waals surface area (Å²) in [5.74, 6) is -1.74. The fourth-order valence-corrected chi connectivity index (χ4v) is 3.50. The lowest BCUT2D eigenvalue weighted by atomic mass is 9.75. The molecule has 1 aliphatic heterocycles. The molecule has 0 bridgehead atoms. The lowest BCUT2D eigenvalue weighted by molar-refractivity contribution is -0.385. The van der Waals surface area contributed by atoms with Gasteiger partial charge in [-0.2, -0.15) is 0 Å². The summed E-state index contributed by atoms with van der Waals surface area (Å²) in [5, 5.41) is 11.7. The van der Waals surface area contributed by atoms with Gasteiger partial charge in [0.2, 0.25) is 5.88 Å². The molecule has 2 heterocycles. The smallest absolute Gasteiger partial charge is 0.315 e. The monoisotopic (exact) mass is 383 g/mol. The van der Waals surface area contributed by atoms with Crippen LogP contribution in [0, 0.1) is 16.0 Å². The average Bonchev–Trinajstić information content (AvgIpc) is 2.66. The molecule has 2 aromatic rings. The average molecular weight is 383 g/mol. The van der Waals surface area contributed by atoms with Crippen molar-refractivity contribution in [3.8, 4) is 5.88 Å². The highest BCUT2D eigenvalue weighted by atomic mass is 16.6. The second-order valence-electron chi connectivity index (χ2n) is 6.76. The van der Waals surface area contributed by atoms with Gasteiger partial charge in [-0.05, 0) is 26.8 Å². The third-order valence-electron chi connectivity index (χ3n) is 4.59. The van der Waals surface area contributed by atoms with E-state index in [1.54, 1.807) is 37.4 Å². The SMILES string of the molecule is COC(=O)C1C(C)=Nc2ccnc(OC(C)C)c2C1c1ccccc1[N+](=O)[O-].